The van der Waals surface area contributed by atoms with Crippen LogP contribution in [0.3, 0.4) is 0 Å². The number of aliphatic hydroxyl groups excluding tert-OH is 1. The molecule has 96 valence electrons. The molecule has 1 heterocycles. The van der Waals surface area contributed by atoms with Gasteiger partial charge in [0.1, 0.15) is 0 Å². The van der Waals surface area contributed by atoms with E-state index in [9.17, 15) is 8.42 Å². The van der Waals surface area contributed by atoms with Crippen LogP contribution in [0.1, 0.15) is 4.88 Å². The number of halogens is 1. The van der Waals surface area contributed by atoms with Crippen molar-refractivity contribution in [3.63, 3.8) is 0 Å². The van der Waals surface area contributed by atoms with Gasteiger partial charge in [-0.1, -0.05) is 12.1 Å². The minimum atomic E-state index is -3.58. The van der Waals surface area contributed by atoms with Crippen molar-refractivity contribution in [2.75, 3.05) is 4.72 Å². The van der Waals surface area contributed by atoms with Gasteiger partial charge in [-0.2, -0.15) is 0 Å². The first-order valence-electron chi connectivity index (χ1n) is 4.98. The van der Waals surface area contributed by atoms with Gasteiger partial charge < -0.3 is 5.11 Å². The van der Waals surface area contributed by atoms with Gasteiger partial charge in [0.05, 0.1) is 17.2 Å². The van der Waals surface area contributed by atoms with Gasteiger partial charge in [0.2, 0.25) is 0 Å². The average molecular weight is 395 g/mol. The van der Waals surface area contributed by atoms with Crippen LogP contribution in [0.5, 0.6) is 0 Å². The second kappa shape index (κ2) is 5.55. The first kappa shape index (κ1) is 13.8. The van der Waals surface area contributed by atoms with Gasteiger partial charge in [-0.25, -0.2) is 8.42 Å². The summed E-state index contributed by atoms with van der Waals surface area (Å²) in [6.07, 6.45) is 0. The Bertz CT molecular complexity index is 652. The van der Waals surface area contributed by atoms with E-state index in [1.165, 1.54) is 22.8 Å². The molecule has 0 saturated heterocycles. The number of benzene rings is 1. The highest BCUT2D eigenvalue weighted by Gasteiger charge is 2.17. The van der Waals surface area contributed by atoms with Crippen LogP contribution in [0.15, 0.2) is 40.6 Å². The topological polar surface area (TPSA) is 66.4 Å². The molecule has 2 aromatic rings. The Kier molecular flexibility index (Phi) is 4.25. The third kappa shape index (κ3) is 3.02. The minimum absolute atomic E-state index is 0.150. The van der Waals surface area contributed by atoms with Gasteiger partial charge in [-0.05, 0) is 40.8 Å². The highest BCUT2D eigenvalue weighted by molar-refractivity contribution is 14.1. The van der Waals surface area contributed by atoms with Gasteiger partial charge in [0.25, 0.3) is 10.0 Å². The number of sulfonamides is 1. The molecule has 0 saturated carbocycles. The van der Waals surface area contributed by atoms with E-state index in [1.54, 1.807) is 12.1 Å². The van der Waals surface area contributed by atoms with Gasteiger partial charge in [0, 0.05) is 13.8 Å². The monoisotopic (exact) mass is 395 g/mol. The molecule has 0 atom stereocenters. The van der Waals surface area contributed by atoms with Crippen LogP contribution in [0.25, 0.3) is 0 Å². The van der Waals surface area contributed by atoms with Crippen LogP contribution < -0.4 is 4.72 Å². The number of para-hydroxylation sites is 1. The van der Waals surface area contributed by atoms with Gasteiger partial charge in [0.15, 0.2) is 0 Å². The Morgan fingerprint density at radius 2 is 2.06 bits per heavy atom. The van der Waals surface area contributed by atoms with Gasteiger partial charge in [-0.3, -0.25) is 4.72 Å². The molecular weight excluding hydrogens is 385 g/mol. The summed E-state index contributed by atoms with van der Waals surface area (Å²) in [5.74, 6) is 0. The molecule has 2 N–H and O–H groups in total. The molecule has 0 aliphatic heterocycles. The molecule has 4 nitrogen and oxygen atoms in total. The molecule has 2 rings (SSSR count). The van der Waals surface area contributed by atoms with E-state index in [1.807, 2.05) is 12.1 Å². The molecule has 1 aromatic heterocycles. The fourth-order valence-corrected chi connectivity index (χ4v) is 4.25. The summed E-state index contributed by atoms with van der Waals surface area (Å²) in [6, 6.07) is 8.62. The van der Waals surface area contributed by atoms with E-state index in [0.29, 0.717) is 10.6 Å². The van der Waals surface area contributed by atoms with Crippen molar-refractivity contribution in [3.05, 3.63) is 44.2 Å². The summed E-state index contributed by atoms with van der Waals surface area (Å²) in [4.78, 5) is 0.800. The van der Waals surface area contributed by atoms with Crippen molar-refractivity contribution >= 4 is 49.6 Å². The van der Waals surface area contributed by atoms with E-state index in [-0.39, 0.29) is 11.5 Å². The van der Waals surface area contributed by atoms with E-state index in [2.05, 4.69) is 27.3 Å². The van der Waals surface area contributed by atoms with E-state index in [4.69, 9.17) is 5.11 Å². The summed E-state index contributed by atoms with van der Waals surface area (Å²) in [6.45, 7) is -0.150. The first-order chi connectivity index (χ1) is 8.53. The molecular formula is C11H10INO3S2. The lowest BCUT2D eigenvalue weighted by Crippen LogP contribution is -2.12. The normalized spacial score (nSPS) is 11.4. The maximum absolute atomic E-state index is 12.1. The van der Waals surface area contributed by atoms with Crippen LogP contribution in [-0.4, -0.2) is 13.5 Å². The second-order valence-electron chi connectivity index (χ2n) is 3.49. The third-order valence-electron chi connectivity index (χ3n) is 2.21. The zero-order valence-electron chi connectivity index (χ0n) is 9.13. The van der Waals surface area contributed by atoms with Crippen molar-refractivity contribution in [1.82, 2.24) is 0 Å². The quantitative estimate of drug-likeness (QED) is 0.783. The van der Waals surface area contributed by atoms with Crippen molar-refractivity contribution in [1.29, 1.82) is 0 Å². The second-order valence-corrected chi connectivity index (χ2v) is 7.33. The van der Waals surface area contributed by atoms with Crippen molar-refractivity contribution in [2.24, 2.45) is 0 Å². The zero-order valence-corrected chi connectivity index (χ0v) is 12.9. The SMILES string of the molecule is O=S(=O)(Nc1ccccc1I)c1csc(CO)c1. The zero-order chi connectivity index (χ0) is 13.2. The Hall–Kier alpha value is -0.640. The highest BCUT2D eigenvalue weighted by atomic mass is 127. The van der Waals surface area contributed by atoms with E-state index < -0.39 is 10.0 Å². The summed E-state index contributed by atoms with van der Waals surface area (Å²) in [5, 5.41) is 10.5. The molecule has 18 heavy (non-hydrogen) atoms. The van der Waals surface area contributed by atoms with Gasteiger partial charge in [-0.15, -0.1) is 11.3 Å². The number of hydrogen-bond donors (Lipinski definition) is 2. The van der Waals surface area contributed by atoms with Crippen LogP contribution in [0.4, 0.5) is 5.69 Å². The van der Waals surface area contributed by atoms with Crippen LogP contribution >= 0.6 is 33.9 Å². The lowest BCUT2D eigenvalue weighted by atomic mass is 10.3. The Morgan fingerprint density at radius 3 is 2.67 bits per heavy atom. The van der Waals surface area contributed by atoms with Crippen LogP contribution in [0.2, 0.25) is 0 Å². The Morgan fingerprint density at radius 1 is 1.33 bits per heavy atom. The maximum atomic E-state index is 12.1. The average Bonchev–Trinajstić information content (AvgIpc) is 2.81. The molecule has 0 spiro atoms. The fraction of sp³-hybridized carbons (Fsp3) is 0.0909. The van der Waals surface area contributed by atoms with E-state index >= 15 is 0 Å². The standard InChI is InChI=1S/C11H10INO3S2/c12-10-3-1-2-4-11(10)13-18(15,16)9-5-8(6-14)17-7-9/h1-5,7,13-14H,6H2. The molecule has 0 aliphatic carbocycles. The largest absolute Gasteiger partial charge is 0.391 e. The van der Waals surface area contributed by atoms with E-state index in [0.717, 1.165) is 3.57 Å². The van der Waals surface area contributed by atoms with Crippen LogP contribution in [-0.2, 0) is 16.6 Å². The molecule has 0 fully saturated rings. The Labute approximate surface area is 123 Å². The highest BCUT2D eigenvalue weighted by Crippen LogP contribution is 2.24. The first-order valence-corrected chi connectivity index (χ1v) is 8.43. The summed E-state index contributed by atoms with van der Waals surface area (Å²) < 4.78 is 27.5. The molecule has 0 unspecified atom stereocenters. The molecule has 0 bridgehead atoms. The number of aliphatic hydroxyl groups is 1. The third-order valence-corrected chi connectivity index (χ3v) is 5.57. The minimum Gasteiger partial charge on any atom is -0.391 e. The van der Waals surface area contributed by atoms with Crippen molar-refractivity contribution in [2.45, 2.75) is 11.5 Å². The summed E-state index contributed by atoms with van der Waals surface area (Å²) in [5.41, 5.74) is 0.551. The predicted octanol–water partition coefficient (Wildman–Crippen LogP) is 2.65. The molecule has 0 radical (unpaired) electrons. The molecule has 1 aromatic carbocycles. The van der Waals surface area contributed by atoms with Crippen molar-refractivity contribution in [3.8, 4) is 0 Å². The van der Waals surface area contributed by atoms with Crippen molar-refractivity contribution < 1.29 is 13.5 Å². The number of anilines is 1. The smallest absolute Gasteiger partial charge is 0.262 e. The number of thiophene rings is 1. The predicted molar refractivity (Wildman–Crippen MR) is 80.2 cm³/mol. The number of rotatable bonds is 4. The molecule has 7 heteroatoms. The lowest BCUT2D eigenvalue weighted by molar-refractivity contribution is 0.285. The molecule has 0 amide bonds. The Balaban J connectivity index is 2.30. The summed E-state index contributed by atoms with van der Waals surface area (Å²) in [7, 11) is -3.58. The van der Waals surface area contributed by atoms with Crippen LogP contribution in [0, 0.1) is 3.57 Å². The lowest BCUT2D eigenvalue weighted by Gasteiger charge is -2.07. The molecule has 0 aliphatic rings. The fourth-order valence-electron chi connectivity index (χ4n) is 1.33. The summed E-state index contributed by atoms with van der Waals surface area (Å²) >= 11 is 3.29. The number of hydrogen-bond acceptors (Lipinski definition) is 4. The maximum Gasteiger partial charge on any atom is 0.262 e. The number of nitrogens with one attached hydrogen (secondary N) is 1. The van der Waals surface area contributed by atoms with Gasteiger partial charge >= 0.3 is 0 Å².